The monoisotopic (exact) mass is 922 g/mol. The van der Waals surface area contributed by atoms with Gasteiger partial charge in [-0.05, 0) is 57.9 Å². The van der Waals surface area contributed by atoms with Crippen molar-refractivity contribution in [2.75, 3.05) is 0 Å². The van der Waals surface area contributed by atoms with Crippen LogP contribution in [0.2, 0.25) is 19.6 Å². The molecule has 0 saturated heterocycles. The van der Waals surface area contributed by atoms with Crippen molar-refractivity contribution < 1.29 is 30.0 Å². The number of hydrogen-bond acceptors (Lipinski definition) is 3. The van der Waals surface area contributed by atoms with E-state index in [4.69, 9.17) is 14.9 Å². The third-order valence-electron chi connectivity index (χ3n) is 10.0. The molecule has 0 atom stereocenters. The SMILES string of the molecule is CC(C)c1cccc(C(C)C)c1-n1c(-c2[c-]ccc3c2oc2ccccc23)nc2ccccc21.[2H]C([2H])([2H])c1c[c-]c(-c2cc(C([2H])(C)C)c([Si](C)(C)C)cn2)cc1.[Ir]. The molecule has 0 spiro atoms. The first kappa shape index (κ1) is 34.8. The third kappa shape index (κ3) is 7.91. The molecular formula is C49H51IrN3OSi-2. The van der Waals surface area contributed by atoms with Gasteiger partial charge in [0.15, 0.2) is 0 Å². The van der Waals surface area contributed by atoms with Crippen LogP contribution in [0.25, 0.3) is 61.3 Å². The van der Waals surface area contributed by atoms with Gasteiger partial charge >= 0.3 is 0 Å². The van der Waals surface area contributed by atoms with Crippen molar-refractivity contribution >= 4 is 46.2 Å². The summed E-state index contributed by atoms with van der Waals surface area (Å²) in [7, 11) is -1.61. The molecule has 0 amide bonds. The number of para-hydroxylation sites is 4. The number of hydrogen-bond donors (Lipinski definition) is 0. The summed E-state index contributed by atoms with van der Waals surface area (Å²) in [6, 6.07) is 40.6. The molecule has 3 heterocycles. The Bertz CT molecular complexity index is 2730. The first-order valence-electron chi connectivity index (χ1n) is 20.8. The molecular weight excluding hydrogens is 867 g/mol. The third-order valence-corrected chi connectivity index (χ3v) is 12.0. The van der Waals surface area contributed by atoms with Crippen LogP contribution in [-0.2, 0) is 20.1 Å². The molecule has 5 aromatic carbocycles. The molecule has 6 heteroatoms. The average Bonchev–Trinajstić information content (AvgIpc) is 3.75. The zero-order chi connectivity index (χ0) is 41.7. The second-order valence-electron chi connectivity index (χ2n) is 15.9. The molecule has 283 valence electrons. The molecule has 0 fully saturated rings. The van der Waals surface area contributed by atoms with Crippen molar-refractivity contribution in [2.45, 2.75) is 85.8 Å². The molecule has 3 aromatic heterocycles. The van der Waals surface area contributed by atoms with Gasteiger partial charge < -0.3 is 14.0 Å². The minimum absolute atomic E-state index is 0. The Labute approximate surface area is 347 Å². The summed E-state index contributed by atoms with van der Waals surface area (Å²) in [5, 5.41) is 3.38. The molecule has 8 aromatic rings. The number of aryl methyl sites for hydroxylation is 1. The van der Waals surface area contributed by atoms with Gasteiger partial charge in [-0.15, -0.1) is 53.6 Å². The molecule has 55 heavy (non-hydrogen) atoms. The van der Waals surface area contributed by atoms with E-state index in [0.717, 1.165) is 61.2 Å². The van der Waals surface area contributed by atoms with E-state index < -0.39 is 20.8 Å². The molecule has 0 aliphatic carbocycles. The quantitative estimate of drug-likeness (QED) is 0.118. The standard InChI is InChI=1S/C31H27N2O.C18H24NSi.Ir/c1-19(2)21-12-9-13-22(20(3)4)29(21)33-27-17-7-6-16-26(27)32-31(33)25-15-10-14-24-23-11-5-8-18-28(23)34-30(24)25;1-13(2)16-11-17(15-9-7-14(3)8-10-15)19-12-18(16)20(4,5)6;/h5-14,16-20H,1-4H3;7-9,11-13H,1-6H3;/q2*-1;/i;3D3,13D;. The Morgan fingerprint density at radius 3 is 2.15 bits per heavy atom. The van der Waals surface area contributed by atoms with Crippen molar-refractivity contribution in [3.05, 3.63) is 144 Å². The maximum atomic E-state index is 8.48. The van der Waals surface area contributed by atoms with Crippen LogP contribution in [0.3, 0.4) is 0 Å². The molecule has 0 aliphatic heterocycles. The number of nitrogens with zero attached hydrogens (tertiary/aromatic N) is 3. The van der Waals surface area contributed by atoms with E-state index in [2.05, 4.69) is 124 Å². The van der Waals surface area contributed by atoms with Crippen LogP contribution in [0.4, 0.5) is 0 Å². The fraction of sp³-hybridized carbons (Fsp3) is 0.265. The number of fused-ring (bicyclic) bond motifs is 4. The largest absolute Gasteiger partial charge is 0.501 e. The molecule has 4 nitrogen and oxygen atoms in total. The molecule has 0 saturated carbocycles. The number of imidazole rings is 1. The van der Waals surface area contributed by atoms with Gasteiger partial charge in [-0.25, -0.2) is 0 Å². The second-order valence-corrected chi connectivity index (χ2v) is 20.9. The van der Waals surface area contributed by atoms with Crippen molar-refractivity contribution in [1.29, 1.82) is 0 Å². The van der Waals surface area contributed by atoms with Gasteiger partial charge in [0.1, 0.15) is 5.58 Å². The van der Waals surface area contributed by atoms with Gasteiger partial charge in [0.05, 0.1) is 30.5 Å². The van der Waals surface area contributed by atoms with Crippen molar-refractivity contribution in [3.63, 3.8) is 0 Å². The predicted octanol–water partition coefficient (Wildman–Crippen LogP) is 13.2. The molecule has 8 rings (SSSR count). The summed E-state index contributed by atoms with van der Waals surface area (Å²) >= 11 is 0. The second kappa shape index (κ2) is 16.2. The van der Waals surface area contributed by atoms with Crippen LogP contribution in [0.15, 0.2) is 114 Å². The summed E-state index contributed by atoms with van der Waals surface area (Å²) in [6.07, 6.45) is 1.89. The number of furan rings is 1. The van der Waals surface area contributed by atoms with E-state index in [1.54, 1.807) is 12.1 Å². The van der Waals surface area contributed by atoms with Crippen LogP contribution in [0.1, 0.15) is 87.0 Å². The smallest absolute Gasteiger partial charge is 0.120 e. The van der Waals surface area contributed by atoms with E-state index in [0.29, 0.717) is 11.8 Å². The Hall–Kier alpha value is -4.61. The summed E-state index contributed by atoms with van der Waals surface area (Å²) in [4.78, 5) is 9.71. The van der Waals surface area contributed by atoms with Crippen LogP contribution in [-0.4, -0.2) is 22.6 Å². The van der Waals surface area contributed by atoms with Gasteiger partial charge in [0.2, 0.25) is 0 Å². The van der Waals surface area contributed by atoms with Gasteiger partial charge in [0.25, 0.3) is 0 Å². The topological polar surface area (TPSA) is 43.9 Å². The Morgan fingerprint density at radius 1 is 0.782 bits per heavy atom. The summed E-state index contributed by atoms with van der Waals surface area (Å²) in [6.45, 7) is 17.4. The van der Waals surface area contributed by atoms with E-state index in [1.165, 1.54) is 28.1 Å². The molecule has 0 bridgehead atoms. The maximum Gasteiger partial charge on any atom is 0.120 e. The van der Waals surface area contributed by atoms with Crippen LogP contribution >= 0.6 is 0 Å². The maximum absolute atomic E-state index is 8.48. The first-order chi connectivity index (χ1) is 27.3. The number of benzene rings is 5. The average molecular weight is 922 g/mol. The fourth-order valence-electron chi connectivity index (χ4n) is 7.24. The minimum Gasteiger partial charge on any atom is -0.501 e. The van der Waals surface area contributed by atoms with E-state index in [9.17, 15) is 0 Å². The van der Waals surface area contributed by atoms with Crippen LogP contribution < -0.4 is 5.19 Å². The van der Waals surface area contributed by atoms with Gasteiger partial charge in [-0.3, -0.25) is 4.98 Å². The normalized spacial score (nSPS) is 13.3. The van der Waals surface area contributed by atoms with Crippen LogP contribution in [0, 0.1) is 19.0 Å². The summed E-state index contributed by atoms with van der Waals surface area (Å²) in [5.41, 5.74) is 11.2. The minimum atomic E-state index is -2.13. The Morgan fingerprint density at radius 2 is 1.49 bits per heavy atom. The Kier molecular flexibility index (Phi) is 10.3. The molecule has 0 N–H and O–H groups in total. The van der Waals surface area contributed by atoms with Gasteiger partial charge in [-0.2, -0.15) is 0 Å². The summed E-state index contributed by atoms with van der Waals surface area (Å²) in [5.74, 6) is 0.884. The number of aromatic nitrogens is 3. The van der Waals surface area contributed by atoms with Crippen molar-refractivity contribution in [1.82, 2.24) is 14.5 Å². The van der Waals surface area contributed by atoms with Crippen molar-refractivity contribution in [2.24, 2.45) is 0 Å². The zero-order valence-electron chi connectivity index (χ0n) is 37.1. The number of pyridine rings is 1. The fourth-order valence-corrected chi connectivity index (χ4v) is 8.83. The molecule has 0 unspecified atom stereocenters. The molecule has 1 radical (unpaired) electrons. The molecule has 0 aliphatic rings. The van der Waals surface area contributed by atoms with Gasteiger partial charge in [0, 0.05) is 42.9 Å². The zero-order valence-corrected chi connectivity index (χ0v) is 36.5. The van der Waals surface area contributed by atoms with Gasteiger partial charge in [-0.1, -0.05) is 139 Å². The first-order valence-corrected chi connectivity index (χ1v) is 22.3. The number of rotatable bonds is 7. The summed E-state index contributed by atoms with van der Waals surface area (Å²) < 4.78 is 39.5. The van der Waals surface area contributed by atoms with Crippen LogP contribution in [0.5, 0.6) is 0 Å². The van der Waals surface area contributed by atoms with Crippen molar-refractivity contribution in [3.8, 4) is 28.3 Å². The van der Waals surface area contributed by atoms with E-state index in [1.807, 2.05) is 50.4 Å². The van der Waals surface area contributed by atoms with E-state index >= 15 is 0 Å². The predicted molar refractivity (Wildman–Crippen MR) is 231 cm³/mol. The van der Waals surface area contributed by atoms with E-state index in [-0.39, 0.29) is 25.7 Å². The Balaban J connectivity index is 0.000000208.